The van der Waals surface area contributed by atoms with Crippen LogP contribution in [0.1, 0.15) is 5.56 Å². The number of amides is 2. The first-order chi connectivity index (χ1) is 11.8. The lowest BCUT2D eigenvalue weighted by molar-refractivity contribution is 0.252. The summed E-state index contributed by atoms with van der Waals surface area (Å²) in [6.45, 7) is 0.393. The molecule has 0 heterocycles. The molecule has 0 radical (unpaired) electrons. The first-order valence-electron chi connectivity index (χ1n) is 7.61. The normalized spacial score (nSPS) is 11.4. The van der Waals surface area contributed by atoms with E-state index in [1.54, 1.807) is 12.1 Å². The van der Waals surface area contributed by atoms with Crippen molar-refractivity contribution < 1.29 is 17.6 Å². The third kappa shape index (κ3) is 5.27. The molecule has 2 aromatic rings. The van der Waals surface area contributed by atoms with Crippen LogP contribution in [0.2, 0.25) is 0 Å². The Labute approximate surface area is 146 Å². The number of nitrogens with one attached hydrogen (secondary N) is 2. The number of nitrogens with zero attached hydrogens (tertiary/aromatic N) is 1. The van der Waals surface area contributed by atoms with Crippen LogP contribution in [-0.4, -0.2) is 39.4 Å². The van der Waals surface area contributed by atoms with Crippen LogP contribution in [0.3, 0.4) is 0 Å². The van der Waals surface area contributed by atoms with Gasteiger partial charge in [0.05, 0.1) is 4.90 Å². The molecule has 0 aliphatic heterocycles. The molecule has 8 heteroatoms. The number of rotatable bonds is 6. The average molecular weight is 365 g/mol. The van der Waals surface area contributed by atoms with Crippen LogP contribution in [-0.2, 0) is 16.4 Å². The van der Waals surface area contributed by atoms with Crippen molar-refractivity contribution in [2.45, 2.75) is 11.3 Å². The second-order valence-electron chi connectivity index (χ2n) is 5.57. The predicted octanol–water partition coefficient (Wildman–Crippen LogP) is 2.44. The maximum absolute atomic E-state index is 12.8. The van der Waals surface area contributed by atoms with Gasteiger partial charge in [-0.15, -0.1) is 0 Å². The smallest absolute Gasteiger partial charge is 0.319 e. The van der Waals surface area contributed by atoms with Gasteiger partial charge in [-0.1, -0.05) is 12.1 Å². The Hall–Kier alpha value is -2.45. The summed E-state index contributed by atoms with van der Waals surface area (Å²) >= 11 is 0. The number of benzene rings is 2. The number of carbonyl (C=O) groups is 1. The number of carbonyl (C=O) groups excluding carboxylic acids is 1. The van der Waals surface area contributed by atoms with Crippen LogP contribution >= 0.6 is 0 Å². The van der Waals surface area contributed by atoms with E-state index in [-0.39, 0.29) is 10.7 Å². The molecule has 25 heavy (non-hydrogen) atoms. The lowest BCUT2D eigenvalue weighted by Gasteiger charge is -2.12. The zero-order valence-electron chi connectivity index (χ0n) is 14.0. The second kappa shape index (κ2) is 8.09. The van der Waals surface area contributed by atoms with E-state index >= 15 is 0 Å². The Morgan fingerprint density at radius 3 is 2.20 bits per heavy atom. The van der Waals surface area contributed by atoms with E-state index in [1.165, 1.54) is 50.5 Å². The molecule has 6 nitrogen and oxygen atoms in total. The zero-order chi connectivity index (χ0) is 18.4. The fraction of sp³-hybridized carbons (Fsp3) is 0.235. The van der Waals surface area contributed by atoms with E-state index in [0.717, 1.165) is 9.87 Å². The molecule has 0 aliphatic carbocycles. The van der Waals surface area contributed by atoms with E-state index in [4.69, 9.17) is 0 Å². The SMILES string of the molecule is CN(C)S(=O)(=O)c1ccc(NC(=O)NCCc2ccc(F)cc2)cc1. The number of anilines is 1. The van der Waals surface area contributed by atoms with Gasteiger partial charge in [0.15, 0.2) is 0 Å². The van der Waals surface area contributed by atoms with Crippen LogP contribution in [0.4, 0.5) is 14.9 Å². The molecule has 0 aromatic heterocycles. The molecule has 0 bridgehead atoms. The van der Waals surface area contributed by atoms with Crippen LogP contribution in [0, 0.1) is 5.82 Å². The lowest BCUT2D eigenvalue weighted by atomic mass is 10.1. The Bertz CT molecular complexity index is 819. The highest BCUT2D eigenvalue weighted by atomic mass is 32.2. The molecule has 0 spiro atoms. The van der Waals surface area contributed by atoms with Gasteiger partial charge in [0.2, 0.25) is 10.0 Å². The van der Waals surface area contributed by atoms with Crippen molar-refractivity contribution in [3.8, 4) is 0 Å². The second-order valence-corrected chi connectivity index (χ2v) is 7.72. The van der Waals surface area contributed by atoms with Crippen LogP contribution in [0.15, 0.2) is 53.4 Å². The monoisotopic (exact) mass is 365 g/mol. The fourth-order valence-corrected chi connectivity index (χ4v) is 2.97. The number of sulfonamides is 1. The van der Waals surface area contributed by atoms with Gasteiger partial charge < -0.3 is 10.6 Å². The molecular formula is C17H20FN3O3S. The third-order valence-corrected chi connectivity index (χ3v) is 5.33. The van der Waals surface area contributed by atoms with Crippen molar-refractivity contribution in [2.24, 2.45) is 0 Å². The van der Waals surface area contributed by atoms with E-state index in [2.05, 4.69) is 10.6 Å². The van der Waals surface area contributed by atoms with E-state index in [0.29, 0.717) is 18.7 Å². The summed E-state index contributed by atoms with van der Waals surface area (Å²) in [7, 11) is -0.583. The van der Waals surface area contributed by atoms with E-state index in [9.17, 15) is 17.6 Å². The first kappa shape index (κ1) is 18.9. The van der Waals surface area contributed by atoms with Gasteiger partial charge in [-0.05, 0) is 48.4 Å². The van der Waals surface area contributed by atoms with Gasteiger partial charge in [-0.2, -0.15) is 0 Å². The maximum atomic E-state index is 12.8. The lowest BCUT2D eigenvalue weighted by Crippen LogP contribution is -2.30. The summed E-state index contributed by atoms with van der Waals surface area (Å²) in [5.74, 6) is -0.297. The van der Waals surface area contributed by atoms with Gasteiger partial charge in [0.25, 0.3) is 0 Å². The molecule has 0 unspecified atom stereocenters. The summed E-state index contributed by atoms with van der Waals surface area (Å²) in [5.41, 5.74) is 1.40. The van der Waals surface area contributed by atoms with Crippen molar-refractivity contribution in [1.29, 1.82) is 0 Å². The quantitative estimate of drug-likeness (QED) is 0.825. The molecule has 0 atom stereocenters. The Morgan fingerprint density at radius 1 is 1.04 bits per heavy atom. The van der Waals surface area contributed by atoms with Crippen molar-refractivity contribution in [3.05, 3.63) is 59.9 Å². The minimum absolute atomic E-state index is 0.153. The molecule has 0 aliphatic rings. The molecule has 0 fully saturated rings. The topological polar surface area (TPSA) is 78.5 Å². The largest absolute Gasteiger partial charge is 0.338 e. The summed E-state index contributed by atoms with van der Waals surface area (Å²) in [4.78, 5) is 12.0. The van der Waals surface area contributed by atoms with Crippen molar-refractivity contribution in [3.63, 3.8) is 0 Å². The number of hydrogen-bond acceptors (Lipinski definition) is 3. The van der Waals surface area contributed by atoms with Gasteiger partial charge in [0, 0.05) is 26.3 Å². The third-order valence-electron chi connectivity index (χ3n) is 3.50. The maximum Gasteiger partial charge on any atom is 0.319 e. The van der Waals surface area contributed by atoms with Gasteiger partial charge in [0.1, 0.15) is 5.82 Å². The van der Waals surface area contributed by atoms with Crippen molar-refractivity contribution >= 4 is 21.7 Å². The minimum atomic E-state index is -3.49. The van der Waals surface area contributed by atoms with Gasteiger partial charge in [-0.3, -0.25) is 0 Å². The fourth-order valence-electron chi connectivity index (χ4n) is 2.07. The Morgan fingerprint density at radius 2 is 1.64 bits per heavy atom. The van der Waals surface area contributed by atoms with Gasteiger partial charge in [-0.25, -0.2) is 21.9 Å². The first-order valence-corrected chi connectivity index (χ1v) is 9.05. The summed E-state index contributed by atoms with van der Waals surface area (Å²) in [6.07, 6.45) is 0.577. The zero-order valence-corrected chi connectivity index (χ0v) is 14.8. The van der Waals surface area contributed by atoms with E-state index < -0.39 is 16.1 Å². The number of halogens is 1. The summed E-state index contributed by atoms with van der Waals surface area (Å²) < 4.78 is 37.9. The van der Waals surface area contributed by atoms with Crippen LogP contribution in [0.5, 0.6) is 0 Å². The molecule has 2 N–H and O–H groups in total. The van der Waals surface area contributed by atoms with Crippen LogP contribution in [0.25, 0.3) is 0 Å². The number of urea groups is 1. The predicted molar refractivity (Wildman–Crippen MR) is 94.4 cm³/mol. The molecule has 2 rings (SSSR count). The molecule has 134 valence electrons. The Balaban J connectivity index is 1.85. The van der Waals surface area contributed by atoms with Gasteiger partial charge >= 0.3 is 6.03 Å². The average Bonchev–Trinajstić information content (AvgIpc) is 2.57. The molecule has 0 saturated carbocycles. The standard InChI is InChI=1S/C17H20FN3O3S/c1-21(2)25(23,24)16-9-7-15(8-10-16)20-17(22)19-12-11-13-3-5-14(18)6-4-13/h3-10H,11-12H2,1-2H3,(H2,19,20,22). The summed E-state index contributed by atoms with van der Waals surface area (Å²) in [6, 6.07) is 11.6. The Kier molecular flexibility index (Phi) is 6.11. The molecule has 0 saturated heterocycles. The molecule has 2 aromatic carbocycles. The highest BCUT2D eigenvalue weighted by molar-refractivity contribution is 7.89. The van der Waals surface area contributed by atoms with Crippen molar-refractivity contribution in [2.75, 3.05) is 26.0 Å². The summed E-state index contributed by atoms with van der Waals surface area (Å²) in [5, 5.41) is 5.31. The molecule has 2 amide bonds. The van der Waals surface area contributed by atoms with Crippen LogP contribution < -0.4 is 10.6 Å². The highest BCUT2D eigenvalue weighted by Gasteiger charge is 2.16. The number of hydrogen-bond donors (Lipinski definition) is 2. The van der Waals surface area contributed by atoms with E-state index in [1.807, 2.05) is 0 Å². The molecular weight excluding hydrogens is 345 g/mol. The van der Waals surface area contributed by atoms with Crippen molar-refractivity contribution in [1.82, 2.24) is 9.62 Å². The minimum Gasteiger partial charge on any atom is -0.338 e. The highest BCUT2D eigenvalue weighted by Crippen LogP contribution is 2.16.